The fourth-order valence-corrected chi connectivity index (χ4v) is 3.64. The lowest BCUT2D eigenvalue weighted by Crippen LogP contribution is -2.33. The highest BCUT2D eigenvalue weighted by Gasteiger charge is 2.31. The summed E-state index contributed by atoms with van der Waals surface area (Å²) in [4.78, 5) is 0. The van der Waals surface area contributed by atoms with Crippen molar-refractivity contribution in [3.8, 4) is 0 Å². The summed E-state index contributed by atoms with van der Waals surface area (Å²) >= 11 is 12.7. The van der Waals surface area contributed by atoms with E-state index in [1.807, 2.05) is 0 Å². The molecule has 2 aromatic carbocycles. The monoisotopic (exact) mass is 320 g/mol. The predicted molar refractivity (Wildman–Crippen MR) is 93.9 cm³/mol. The van der Waals surface area contributed by atoms with Crippen molar-refractivity contribution in [3.63, 3.8) is 0 Å². The van der Waals surface area contributed by atoms with Crippen LogP contribution in [0.4, 0.5) is 0 Å². The van der Waals surface area contributed by atoms with Gasteiger partial charge in [0.2, 0.25) is 0 Å². The largest absolute Gasteiger partial charge is 0.126 e. The lowest BCUT2D eigenvalue weighted by molar-refractivity contribution is 0.536. The normalized spacial score (nSPS) is 11.7. The Kier molecular flexibility index (Phi) is 5.35. The number of hydrogen-bond acceptors (Lipinski definition) is 0. The highest BCUT2D eigenvalue weighted by atomic mass is 35.5. The molecule has 0 N–H and O–H groups in total. The number of aryl methyl sites for hydroxylation is 3. The molecule has 2 rings (SSSR count). The molecule has 0 fully saturated rings. The van der Waals surface area contributed by atoms with Gasteiger partial charge in [-0.05, 0) is 38.3 Å². The van der Waals surface area contributed by atoms with Crippen LogP contribution in [-0.4, -0.2) is 11.8 Å². The molecule has 0 nitrogen and oxygen atoms in total. The maximum atomic E-state index is 6.34. The van der Waals surface area contributed by atoms with Crippen molar-refractivity contribution in [1.29, 1.82) is 0 Å². The van der Waals surface area contributed by atoms with Crippen LogP contribution in [0.2, 0.25) is 0 Å². The van der Waals surface area contributed by atoms with Crippen molar-refractivity contribution in [2.24, 2.45) is 0 Å². The molecule has 21 heavy (non-hydrogen) atoms. The summed E-state index contributed by atoms with van der Waals surface area (Å²) in [6.45, 7) is 6.35. The van der Waals surface area contributed by atoms with Crippen LogP contribution in [0.25, 0.3) is 0 Å². The van der Waals surface area contributed by atoms with E-state index in [0.29, 0.717) is 11.8 Å². The molecule has 0 saturated carbocycles. The second-order valence-corrected chi connectivity index (χ2v) is 6.62. The van der Waals surface area contributed by atoms with Crippen LogP contribution in [-0.2, 0) is 11.8 Å². The zero-order valence-electron chi connectivity index (χ0n) is 12.9. The lowest BCUT2D eigenvalue weighted by atomic mass is 9.78. The van der Waals surface area contributed by atoms with Gasteiger partial charge in [0.05, 0.1) is 0 Å². The third-order valence-corrected chi connectivity index (χ3v) is 5.02. The van der Waals surface area contributed by atoms with Gasteiger partial charge < -0.3 is 0 Å². The van der Waals surface area contributed by atoms with Gasteiger partial charge in [-0.25, -0.2) is 0 Å². The Hall–Kier alpha value is -0.980. The molecular formula is C19H22Cl2. The Labute approximate surface area is 138 Å². The number of halogens is 2. The fraction of sp³-hybridized carbons (Fsp3) is 0.368. The molecule has 2 aromatic rings. The van der Waals surface area contributed by atoms with Crippen LogP contribution < -0.4 is 0 Å². The molecule has 0 heterocycles. The summed E-state index contributed by atoms with van der Waals surface area (Å²) in [5, 5.41) is 0. The molecule has 0 aliphatic heterocycles. The molecule has 0 bridgehead atoms. The van der Waals surface area contributed by atoms with E-state index >= 15 is 0 Å². The van der Waals surface area contributed by atoms with Crippen molar-refractivity contribution in [3.05, 3.63) is 70.3 Å². The van der Waals surface area contributed by atoms with Gasteiger partial charge in [0.1, 0.15) is 0 Å². The van der Waals surface area contributed by atoms with Crippen LogP contribution in [0.5, 0.6) is 0 Å². The van der Waals surface area contributed by atoms with Gasteiger partial charge in [-0.2, -0.15) is 0 Å². The minimum absolute atomic E-state index is 0.211. The first-order valence-corrected chi connectivity index (χ1v) is 8.32. The van der Waals surface area contributed by atoms with Crippen molar-refractivity contribution in [2.45, 2.75) is 32.6 Å². The van der Waals surface area contributed by atoms with E-state index in [-0.39, 0.29) is 5.41 Å². The fourth-order valence-electron chi connectivity index (χ4n) is 2.86. The van der Waals surface area contributed by atoms with E-state index in [0.717, 1.165) is 6.42 Å². The lowest BCUT2D eigenvalue weighted by Gasteiger charge is -2.31. The van der Waals surface area contributed by atoms with Crippen molar-refractivity contribution in [2.75, 3.05) is 11.8 Å². The Balaban J connectivity index is 2.40. The molecule has 0 spiro atoms. The molecule has 0 atom stereocenters. The van der Waals surface area contributed by atoms with Crippen molar-refractivity contribution in [1.82, 2.24) is 0 Å². The van der Waals surface area contributed by atoms with E-state index in [4.69, 9.17) is 23.2 Å². The first-order valence-electron chi connectivity index (χ1n) is 7.25. The Morgan fingerprint density at radius 2 is 1.29 bits per heavy atom. The maximum absolute atomic E-state index is 6.34. The average molecular weight is 321 g/mol. The topological polar surface area (TPSA) is 0 Å². The van der Waals surface area contributed by atoms with E-state index in [2.05, 4.69) is 63.2 Å². The second-order valence-electron chi connectivity index (χ2n) is 6.09. The Morgan fingerprint density at radius 3 is 1.76 bits per heavy atom. The number of hydrogen-bond donors (Lipinski definition) is 0. The van der Waals surface area contributed by atoms with Crippen LogP contribution in [0, 0.1) is 20.8 Å². The summed E-state index contributed by atoms with van der Waals surface area (Å²) in [5.74, 6) is 1.04. The molecule has 112 valence electrons. The van der Waals surface area contributed by atoms with E-state index < -0.39 is 0 Å². The third-order valence-electron chi connectivity index (χ3n) is 4.00. The summed E-state index contributed by atoms with van der Waals surface area (Å²) in [5.41, 5.74) is 6.13. The van der Waals surface area contributed by atoms with Gasteiger partial charge in [-0.15, -0.1) is 23.2 Å². The minimum atomic E-state index is -0.211. The maximum Gasteiger partial charge on any atom is 0.0335 e. The summed E-state index contributed by atoms with van der Waals surface area (Å²) in [6.07, 6.45) is 0.867. The molecule has 0 radical (unpaired) electrons. The molecule has 0 amide bonds. The summed E-state index contributed by atoms with van der Waals surface area (Å²) < 4.78 is 0. The zero-order valence-corrected chi connectivity index (χ0v) is 14.4. The van der Waals surface area contributed by atoms with Gasteiger partial charge in [0, 0.05) is 17.2 Å². The average Bonchev–Trinajstić information content (AvgIpc) is 2.45. The smallest absolute Gasteiger partial charge is 0.0335 e. The van der Waals surface area contributed by atoms with Gasteiger partial charge in [0.15, 0.2) is 0 Å². The van der Waals surface area contributed by atoms with Gasteiger partial charge in [0.25, 0.3) is 0 Å². The standard InChI is InChI=1S/C19H22Cl2/c1-14-4-6-18(7-5-14)19(12-20,13-21)11-17-9-15(2)8-16(3)10-17/h4-10H,11-13H2,1-3H3. The minimum Gasteiger partial charge on any atom is -0.126 e. The van der Waals surface area contributed by atoms with E-state index in [1.54, 1.807) is 0 Å². The van der Waals surface area contributed by atoms with Crippen molar-refractivity contribution < 1.29 is 0 Å². The molecule has 0 unspecified atom stereocenters. The zero-order chi connectivity index (χ0) is 15.5. The first-order chi connectivity index (χ1) is 9.99. The van der Waals surface area contributed by atoms with Crippen LogP contribution in [0.15, 0.2) is 42.5 Å². The quantitative estimate of drug-likeness (QED) is 0.632. The number of benzene rings is 2. The number of alkyl halides is 2. The molecular weight excluding hydrogens is 299 g/mol. The predicted octanol–water partition coefficient (Wildman–Crippen LogP) is 5.57. The van der Waals surface area contributed by atoms with Crippen LogP contribution in [0.1, 0.15) is 27.8 Å². The highest BCUT2D eigenvalue weighted by molar-refractivity contribution is 6.22. The van der Waals surface area contributed by atoms with Gasteiger partial charge in [-0.1, -0.05) is 59.2 Å². The van der Waals surface area contributed by atoms with E-state index in [1.165, 1.54) is 27.8 Å². The first kappa shape index (κ1) is 16.4. The second kappa shape index (κ2) is 6.85. The number of rotatable bonds is 5. The summed E-state index contributed by atoms with van der Waals surface area (Å²) in [7, 11) is 0. The summed E-state index contributed by atoms with van der Waals surface area (Å²) in [6, 6.07) is 15.2. The SMILES string of the molecule is Cc1ccc(C(CCl)(CCl)Cc2cc(C)cc(C)c2)cc1. The van der Waals surface area contributed by atoms with Crippen LogP contribution >= 0.6 is 23.2 Å². The Morgan fingerprint density at radius 1 is 0.762 bits per heavy atom. The van der Waals surface area contributed by atoms with Crippen molar-refractivity contribution >= 4 is 23.2 Å². The Bertz CT molecular complexity index is 575. The van der Waals surface area contributed by atoms with Crippen LogP contribution in [0.3, 0.4) is 0 Å². The third kappa shape index (κ3) is 3.81. The molecule has 2 heteroatoms. The molecule has 0 aliphatic carbocycles. The van der Waals surface area contributed by atoms with Gasteiger partial charge >= 0.3 is 0 Å². The molecule has 0 aliphatic rings. The highest BCUT2D eigenvalue weighted by Crippen LogP contribution is 2.32. The molecule has 0 aromatic heterocycles. The van der Waals surface area contributed by atoms with Gasteiger partial charge in [-0.3, -0.25) is 0 Å². The van der Waals surface area contributed by atoms with E-state index in [9.17, 15) is 0 Å². The molecule has 0 saturated heterocycles.